The Morgan fingerprint density at radius 3 is 2.86 bits per heavy atom. The van der Waals surface area contributed by atoms with Crippen LogP contribution in [0.2, 0.25) is 0 Å². The first-order chi connectivity index (χ1) is 6.63. The van der Waals surface area contributed by atoms with Crippen LogP contribution < -0.4 is 11.1 Å². The number of amides is 1. The average molecular weight is 194 g/mol. The topological polar surface area (TPSA) is 55.1 Å². The highest BCUT2D eigenvalue weighted by Gasteiger charge is 1.97. The first kappa shape index (κ1) is 10.2. The molecule has 0 aliphatic rings. The number of hydrogen-bond acceptors (Lipinski definition) is 2. The second kappa shape index (κ2) is 4.41. The monoisotopic (exact) mass is 194 g/mol. The maximum Gasteiger partial charge on any atom is 0.243 e. The molecule has 3 N–H and O–H groups in total. The molecule has 0 spiro atoms. The second-order valence-electron chi connectivity index (χ2n) is 2.73. The molecule has 0 aliphatic carbocycles. The zero-order valence-electron chi connectivity index (χ0n) is 7.75. The number of likely N-dealkylation sites (N-methyl/N-ethyl adjacent to an activating group) is 1. The van der Waals surface area contributed by atoms with Crippen molar-refractivity contribution >= 4 is 17.7 Å². The minimum absolute atomic E-state index is 0.0732. The molecular weight excluding hydrogens is 183 g/mol. The molecule has 0 saturated carbocycles. The molecule has 0 bridgehead atoms. The van der Waals surface area contributed by atoms with Gasteiger partial charge in [-0.1, -0.05) is 6.07 Å². The van der Waals surface area contributed by atoms with Gasteiger partial charge in [-0.05, 0) is 23.8 Å². The van der Waals surface area contributed by atoms with Crippen LogP contribution in [-0.2, 0) is 4.79 Å². The van der Waals surface area contributed by atoms with E-state index in [4.69, 9.17) is 5.73 Å². The summed E-state index contributed by atoms with van der Waals surface area (Å²) >= 11 is 0. The normalized spacial score (nSPS) is 10.4. The number of nitrogens with two attached hydrogens (primary N) is 1. The van der Waals surface area contributed by atoms with Gasteiger partial charge in [0.15, 0.2) is 0 Å². The second-order valence-corrected chi connectivity index (χ2v) is 2.73. The predicted molar refractivity (Wildman–Crippen MR) is 53.9 cm³/mol. The third kappa shape index (κ3) is 2.58. The minimum Gasteiger partial charge on any atom is -0.396 e. The molecule has 0 saturated heterocycles. The van der Waals surface area contributed by atoms with Gasteiger partial charge in [0.05, 0.1) is 5.69 Å². The molecule has 0 heterocycles. The van der Waals surface area contributed by atoms with Crippen LogP contribution in [0.4, 0.5) is 10.1 Å². The third-order valence-corrected chi connectivity index (χ3v) is 1.69. The zero-order valence-corrected chi connectivity index (χ0v) is 7.75. The van der Waals surface area contributed by atoms with E-state index in [1.165, 1.54) is 25.3 Å². The van der Waals surface area contributed by atoms with Gasteiger partial charge in [0.1, 0.15) is 5.82 Å². The fourth-order valence-corrected chi connectivity index (χ4v) is 0.921. The van der Waals surface area contributed by atoms with Crippen LogP contribution >= 0.6 is 0 Å². The Labute approximate surface area is 81.4 Å². The van der Waals surface area contributed by atoms with Crippen molar-refractivity contribution in [1.82, 2.24) is 5.32 Å². The molecule has 1 aromatic carbocycles. The van der Waals surface area contributed by atoms with Gasteiger partial charge in [-0.15, -0.1) is 0 Å². The smallest absolute Gasteiger partial charge is 0.243 e. The summed E-state index contributed by atoms with van der Waals surface area (Å²) in [6.45, 7) is 0. The first-order valence-corrected chi connectivity index (χ1v) is 4.08. The van der Waals surface area contributed by atoms with E-state index in [1.807, 2.05) is 0 Å². The van der Waals surface area contributed by atoms with E-state index in [1.54, 1.807) is 12.1 Å². The summed E-state index contributed by atoms with van der Waals surface area (Å²) in [6.07, 6.45) is 2.92. The lowest BCUT2D eigenvalue weighted by atomic mass is 10.2. The maximum absolute atomic E-state index is 12.7. The van der Waals surface area contributed by atoms with Gasteiger partial charge in [-0.25, -0.2) is 4.39 Å². The number of benzene rings is 1. The lowest BCUT2D eigenvalue weighted by Gasteiger charge is -1.97. The molecule has 1 amide bonds. The molecule has 74 valence electrons. The lowest BCUT2D eigenvalue weighted by molar-refractivity contribution is -0.115. The Morgan fingerprint density at radius 2 is 2.29 bits per heavy atom. The van der Waals surface area contributed by atoms with Crippen LogP contribution in [0.5, 0.6) is 0 Å². The molecule has 3 nitrogen and oxygen atoms in total. The highest BCUT2D eigenvalue weighted by Crippen LogP contribution is 2.13. The molecule has 0 fully saturated rings. The molecule has 14 heavy (non-hydrogen) atoms. The summed E-state index contributed by atoms with van der Waals surface area (Å²) in [5, 5.41) is 2.43. The van der Waals surface area contributed by atoms with Gasteiger partial charge in [0, 0.05) is 13.1 Å². The Bertz CT molecular complexity index is 374. The van der Waals surface area contributed by atoms with E-state index >= 15 is 0 Å². The summed E-state index contributed by atoms with van der Waals surface area (Å²) in [7, 11) is 1.53. The van der Waals surface area contributed by atoms with Crippen molar-refractivity contribution in [3.8, 4) is 0 Å². The average Bonchev–Trinajstić information content (AvgIpc) is 2.19. The van der Waals surface area contributed by atoms with E-state index in [0.29, 0.717) is 5.56 Å². The van der Waals surface area contributed by atoms with Crippen molar-refractivity contribution in [2.75, 3.05) is 12.8 Å². The minimum atomic E-state index is -0.456. The lowest BCUT2D eigenvalue weighted by Crippen LogP contribution is -2.13. The van der Waals surface area contributed by atoms with Crippen molar-refractivity contribution in [3.05, 3.63) is 35.7 Å². The highest BCUT2D eigenvalue weighted by atomic mass is 19.1. The van der Waals surface area contributed by atoms with Gasteiger partial charge >= 0.3 is 0 Å². The van der Waals surface area contributed by atoms with Crippen LogP contribution in [0, 0.1) is 5.82 Å². The van der Waals surface area contributed by atoms with E-state index in [9.17, 15) is 9.18 Å². The Kier molecular flexibility index (Phi) is 3.23. The number of halogens is 1. The van der Waals surface area contributed by atoms with Crippen LogP contribution in [-0.4, -0.2) is 13.0 Å². The number of nitrogens with one attached hydrogen (secondary N) is 1. The van der Waals surface area contributed by atoms with E-state index in [-0.39, 0.29) is 11.6 Å². The number of carbonyl (C=O) groups is 1. The van der Waals surface area contributed by atoms with E-state index in [0.717, 1.165) is 0 Å². The Balaban J connectivity index is 2.83. The standard InChI is InChI=1S/C10H11FN2O/c1-13-10(14)5-3-7-2-4-8(11)9(12)6-7/h2-6H,12H2,1H3,(H,13,14)/b5-3+. The number of rotatable bonds is 2. The van der Waals surface area contributed by atoms with Gasteiger partial charge in [-0.3, -0.25) is 4.79 Å². The Hall–Kier alpha value is -1.84. The summed E-state index contributed by atoms with van der Waals surface area (Å²) in [5.41, 5.74) is 6.11. The van der Waals surface area contributed by atoms with Crippen LogP contribution in [0.25, 0.3) is 6.08 Å². The summed E-state index contributed by atoms with van der Waals surface area (Å²) in [6, 6.07) is 4.28. The molecule has 0 aromatic heterocycles. The van der Waals surface area contributed by atoms with E-state index in [2.05, 4.69) is 5.32 Å². The molecule has 1 aromatic rings. The van der Waals surface area contributed by atoms with E-state index < -0.39 is 5.82 Å². The molecule has 0 unspecified atom stereocenters. The SMILES string of the molecule is CNC(=O)/C=C/c1ccc(F)c(N)c1. The van der Waals surface area contributed by atoms with Gasteiger partial charge in [0.25, 0.3) is 0 Å². The van der Waals surface area contributed by atoms with Crippen molar-refractivity contribution in [1.29, 1.82) is 0 Å². The molecule has 1 rings (SSSR count). The van der Waals surface area contributed by atoms with Crippen LogP contribution in [0.3, 0.4) is 0 Å². The predicted octanol–water partition coefficient (Wildman–Crippen LogP) is 1.17. The largest absolute Gasteiger partial charge is 0.396 e. The molecule has 0 atom stereocenters. The summed E-state index contributed by atoms with van der Waals surface area (Å²) in [4.78, 5) is 10.8. The fraction of sp³-hybridized carbons (Fsp3) is 0.100. The zero-order chi connectivity index (χ0) is 10.6. The van der Waals surface area contributed by atoms with Gasteiger partial charge in [0.2, 0.25) is 5.91 Å². The summed E-state index contributed by atoms with van der Waals surface area (Å²) in [5.74, 6) is -0.671. The Morgan fingerprint density at radius 1 is 1.57 bits per heavy atom. The van der Waals surface area contributed by atoms with Crippen LogP contribution in [0.1, 0.15) is 5.56 Å². The molecule has 0 radical (unpaired) electrons. The number of carbonyl (C=O) groups excluding carboxylic acids is 1. The molecule has 4 heteroatoms. The number of anilines is 1. The first-order valence-electron chi connectivity index (χ1n) is 4.08. The van der Waals surface area contributed by atoms with Gasteiger partial charge < -0.3 is 11.1 Å². The van der Waals surface area contributed by atoms with Crippen molar-refractivity contribution in [2.24, 2.45) is 0 Å². The maximum atomic E-state index is 12.7. The fourth-order valence-electron chi connectivity index (χ4n) is 0.921. The van der Waals surface area contributed by atoms with Crippen molar-refractivity contribution in [3.63, 3.8) is 0 Å². The number of nitrogen functional groups attached to an aromatic ring is 1. The molecule has 0 aliphatic heterocycles. The summed E-state index contributed by atoms with van der Waals surface area (Å²) < 4.78 is 12.7. The molecular formula is C10H11FN2O. The van der Waals surface area contributed by atoms with Gasteiger partial charge in [-0.2, -0.15) is 0 Å². The third-order valence-electron chi connectivity index (χ3n) is 1.69. The quantitative estimate of drug-likeness (QED) is 0.548. The van der Waals surface area contributed by atoms with Crippen molar-refractivity contribution < 1.29 is 9.18 Å². The van der Waals surface area contributed by atoms with Crippen molar-refractivity contribution in [2.45, 2.75) is 0 Å². The number of hydrogen-bond donors (Lipinski definition) is 2. The van der Waals surface area contributed by atoms with Crippen LogP contribution in [0.15, 0.2) is 24.3 Å². The highest BCUT2D eigenvalue weighted by molar-refractivity contribution is 5.91.